The van der Waals surface area contributed by atoms with Gasteiger partial charge >= 0.3 is 0 Å². The summed E-state index contributed by atoms with van der Waals surface area (Å²) in [4.78, 5) is 14.9. The zero-order valence-electron chi connectivity index (χ0n) is 20.1. The molecule has 1 aliphatic carbocycles. The zero-order valence-corrected chi connectivity index (χ0v) is 20.1. The highest BCUT2D eigenvalue weighted by Gasteiger charge is 2.26. The van der Waals surface area contributed by atoms with Crippen LogP contribution in [0.5, 0.6) is 11.5 Å². The lowest BCUT2D eigenvalue weighted by molar-refractivity contribution is -0.118. The van der Waals surface area contributed by atoms with E-state index in [2.05, 4.69) is 60.5 Å². The van der Waals surface area contributed by atoms with Crippen molar-refractivity contribution in [2.45, 2.75) is 58.0 Å². The van der Waals surface area contributed by atoms with Crippen molar-refractivity contribution >= 4 is 17.7 Å². The molecule has 0 spiro atoms. The number of anilines is 1. The van der Waals surface area contributed by atoms with E-state index in [4.69, 9.17) is 9.47 Å². The number of carbonyl (C=O) groups is 1. The van der Waals surface area contributed by atoms with Crippen LogP contribution < -0.4 is 19.7 Å². The van der Waals surface area contributed by atoms with Crippen molar-refractivity contribution in [2.75, 3.05) is 31.6 Å². The van der Waals surface area contributed by atoms with Crippen molar-refractivity contribution in [3.63, 3.8) is 0 Å². The van der Waals surface area contributed by atoms with Crippen molar-refractivity contribution in [1.29, 1.82) is 0 Å². The molecule has 2 aliphatic rings. The highest BCUT2D eigenvalue weighted by molar-refractivity contribution is 5.98. The summed E-state index contributed by atoms with van der Waals surface area (Å²) in [5.41, 5.74) is 4.25. The number of amides is 1. The van der Waals surface area contributed by atoms with Gasteiger partial charge in [-0.05, 0) is 87.4 Å². The second-order valence-corrected chi connectivity index (χ2v) is 8.98. The van der Waals surface area contributed by atoms with Crippen LogP contribution in [0.25, 0.3) is 6.08 Å². The molecule has 2 fully saturated rings. The van der Waals surface area contributed by atoms with Crippen molar-refractivity contribution in [3.8, 4) is 11.5 Å². The molecule has 1 saturated heterocycles. The summed E-state index contributed by atoms with van der Waals surface area (Å²) >= 11 is 0. The Morgan fingerprint density at radius 1 is 1.03 bits per heavy atom. The van der Waals surface area contributed by atoms with E-state index in [0.29, 0.717) is 13.0 Å². The number of benzene rings is 2. The SMILES string of the molecule is CCN(CC)c1ccc(C=C2C[C@@H](c3ccc(OC)c(OC4CCCC4)c3)CNC2=O)cc1. The first-order valence-corrected chi connectivity index (χ1v) is 12.3. The Morgan fingerprint density at radius 2 is 1.76 bits per heavy atom. The van der Waals surface area contributed by atoms with Gasteiger partial charge in [0.1, 0.15) is 0 Å². The average Bonchev–Trinajstić information content (AvgIpc) is 3.35. The maximum absolute atomic E-state index is 12.6. The fraction of sp³-hybridized carbons (Fsp3) is 0.464. The molecule has 33 heavy (non-hydrogen) atoms. The first-order valence-electron chi connectivity index (χ1n) is 12.3. The Bertz CT molecular complexity index is 973. The molecule has 5 nitrogen and oxygen atoms in total. The van der Waals surface area contributed by atoms with Crippen molar-refractivity contribution in [3.05, 3.63) is 59.2 Å². The van der Waals surface area contributed by atoms with E-state index in [9.17, 15) is 4.79 Å². The molecule has 1 N–H and O–H groups in total. The van der Waals surface area contributed by atoms with Crippen LogP contribution in [0.15, 0.2) is 48.0 Å². The van der Waals surface area contributed by atoms with Crippen LogP contribution in [0.4, 0.5) is 5.69 Å². The minimum Gasteiger partial charge on any atom is -0.493 e. The smallest absolute Gasteiger partial charge is 0.247 e. The van der Waals surface area contributed by atoms with E-state index in [-0.39, 0.29) is 17.9 Å². The topological polar surface area (TPSA) is 50.8 Å². The molecule has 176 valence electrons. The molecule has 0 unspecified atom stereocenters. The van der Waals surface area contributed by atoms with Crippen LogP contribution >= 0.6 is 0 Å². The third-order valence-electron chi connectivity index (χ3n) is 6.88. The summed E-state index contributed by atoms with van der Waals surface area (Å²) in [5, 5.41) is 3.08. The maximum atomic E-state index is 12.6. The fourth-order valence-electron chi connectivity index (χ4n) is 4.92. The molecule has 4 rings (SSSR count). The van der Waals surface area contributed by atoms with Crippen molar-refractivity contribution in [2.24, 2.45) is 0 Å². The van der Waals surface area contributed by atoms with Gasteiger partial charge in [0, 0.05) is 36.8 Å². The molecule has 1 aliphatic heterocycles. The Kier molecular flexibility index (Phi) is 7.58. The Balaban J connectivity index is 1.51. The molecule has 2 aromatic rings. The van der Waals surface area contributed by atoms with E-state index in [1.165, 1.54) is 24.1 Å². The third kappa shape index (κ3) is 5.52. The van der Waals surface area contributed by atoms with Gasteiger partial charge in [-0.3, -0.25) is 4.79 Å². The lowest BCUT2D eigenvalue weighted by atomic mass is 9.87. The van der Waals surface area contributed by atoms with Gasteiger partial charge in [-0.15, -0.1) is 0 Å². The molecular weight excluding hydrogens is 412 g/mol. The van der Waals surface area contributed by atoms with Gasteiger partial charge in [0.05, 0.1) is 13.2 Å². The van der Waals surface area contributed by atoms with Gasteiger partial charge < -0.3 is 19.7 Å². The third-order valence-corrected chi connectivity index (χ3v) is 6.88. The van der Waals surface area contributed by atoms with Gasteiger partial charge in [-0.1, -0.05) is 18.2 Å². The second-order valence-electron chi connectivity index (χ2n) is 8.98. The molecule has 2 aromatic carbocycles. The van der Waals surface area contributed by atoms with E-state index < -0.39 is 0 Å². The zero-order chi connectivity index (χ0) is 23.2. The van der Waals surface area contributed by atoms with E-state index in [1.807, 2.05) is 12.1 Å². The number of nitrogens with one attached hydrogen (secondary N) is 1. The van der Waals surface area contributed by atoms with Crippen LogP contribution in [0, 0.1) is 0 Å². The number of methoxy groups -OCH3 is 1. The highest BCUT2D eigenvalue weighted by Crippen LogP contribution is 2.36. The summed E-state index contributed by atoms with van der Waals surface area (Å²) in [6, 6.07) is 14.7. The van der Waals surface area contributed by atoms with Crippen LogP contribution in [0.2, 0.25) is 0 Å². The molecule has 1 atom stereocenters. The Hall–Kier alpha value is -2.95. The number of hydrogen-bond acceptors (Lipinski definition) is 4. The molecule has 0 radical (unpaired) electrons. The van der Waals surface area contributed by atoms with Gasteiger partial charge in [0.2, 0.25) is 5.91 Å². The number of piperidine rings is 1. The summed E-state index contributed by atoms with van der Waals surface area (Å²) < 4.78 is 11.8. The summed E-state index contributed by atoms with van der Waals surface area (Å²) in [6.45, 7) is 6.92. The van der Waals surface area contributed by atoms with E-state index >= 15 is 0 Å². The van der Waals surface area contributed by atoms with E-state index in [0.717, 1.165) is 48.6 Å². The minimum absolute atomic E-state index is 0.0232. The fourth-order valence-corrected chi connectivity index (χ4v) is 4.92. The van der Waals surface area contributed by atoms with Crippen LogP contribution in [0.1, 0.15) is 63.0 Å². The normalized spacial score (nSPS) is 20.0. The van der Waals surface area contributed by atoms with Gasteiger partial charge in [-0.25, -0.2) is 0 Å². The molecule has 1 heterocycles. The minimum atomic E-state index is 0.0232. The monoisotopic (exact) mass is 448 g/mol. The van der Waals surface area contributed by atoms with Gasteiger partial charge in [0.15, 0.2) is 11.5 Å². The second kappa shape index (κ2) is 10.8. The van der Waals surface area contributed by atoms with Crippen molar-refractivity contribution in [1.82, 2.24) is 5.32 Å². The molecule has 1 saturated carbocycles. The predicted octanol–water partition coefficient (Wildman–Crippen LogP) is 5.55. The molecule has 1 amide bonds. The summed E-state index contributed by atoms with van der Waals surface area (Å²) in [7, 11) is 1.68. The van der Waals surface area contributed by atoms with Crippen molar-refractivity contribution < 1.29 is 14.3 Å². The van der Waals surface area contributed by atoms with Gasteiger partial charge in [-0.2, -0.15) is 0 Å². The number of carbonyl (C=O) groups excluding carboxylic acids is 1. The Morgan fingerprint density at radius 3 is 2.42 bits per heavy atom. The summed E-state index contributed by atoms with van der Waals surface area (Å²) in [5.74, 6) is 1.82. The number of hydrogen-bond donors (Lipinski definition) is 1. The number of ether oxygens (including phenoxy) is 2. The largest absolute Gasteiger partial charge is 0.493 e. The lowest BCUT2D eigenvalue weighted by Gasteiger charge is -2.26. The number of nitrogens with zero attached hydrogens (tertiary/aromatic N) is 1. The van der Waals surface area contributed by atoms with Crippen LogP contribution in [-0.2, 0) is 4.79 Å². The van der Waals surface area contributed by atoms with E-state index in [1.54, 1.807) is 7.11 Å². The maximum Gasteiger partial charge on any atom is 0.247 e. The first kappa shape index (κ1) is 23.2. The highest BCUT2D eigenvalue weighted by atomic mass is 16.5. The van der Waals surface area contributed by atoms with Gasteiger partial charge in [0.25, 0.3) is 0 Å². The van der Waals surface area contributed by atoms with Crippen LogP contribution in [-0.4, -0.2) is 38.8 Å². The summed E-state index contributed by atoms with van der Waals surface area (Å²) in [6.07, 6.45) is 7.66. The average molecular weight is 449 g/mol. The standard InChI is InChI=1S/C28H36N2O3/c1-4-30(5-2)24-13-10-20(11-14-24)16-22-17-23(19-29-28(22)31)21-12-15-26(32-3)27(18-21)33-25-8-6-7-9-25/h10-16,18,23,25H,4-9,17,19H2,1-3H3,(H,29,31)/t23-/m1/s1. The Labute approximate surface area is 197 Å². The lowest BCUT2D eigenvalue weighted by Crippen LogP contribution is -2.35. The molecule has 5 heteroatoms. The van der Waals surface area contributed by atoms with Crippen LogP contribution in [0.3, 0.4) is 0 Å². The quantitative estimate of drug-likeness (QED) is 0.538. The first-order chi connectivity index (χ1) is 16.1. The molecular formula is C28H36N2O3. The predicted molar refractivity (Wildman–Crippen MR) is 134 cm³/mol. The number of rotatable bonds is 8. The molecule has 0 aromatic heterocycles. The molecule has 0 bridgehead atoms.